The van der Waals surface area contributed by atoms with E-state index < -0.39 is 6.04 Å². The van der Waals surface area contributed by atoms with Gasteiger partial charge in [-0.2, -0.15) is 11.8 Å². The number of carbonyl (C=O) groups is 2. The average Bonchev–Trinajstić information content (AvgIpc) is 2.56. The highest BCUT2D eigenvalue weighted by Gasteiger charge is 2.19. The van der Waals surface area contributed by atoms with E-state index in [9.17, 15) is 9.59 Å². The fourth-order valence-corrected chi connectivity index (χ4v) is 3.26. The number of amides is 1. The molecule has 0 aromatic rings. The fourth-order valence-electron chi connectivity index (χ4n) is 2.39. The van der Waals surface area contributed by atoms with Gasteiger partial charge in [0.1, 0.15) is 6.04 Å². The third-order valence-electron chi connectivity index (χ3n) is 3.75. The van der Waals surface area contributed by atoms with Gasteiger partial charge in [-0.3, -0.25) is 4.79 Å². The predicted octanol–water partition coefficient (Wildman–Crippen LogP) is 4.48. The summed E-state index contributed by atoms with van der Waals surface area (Å²) in [5, 5.41) is 2.62. The van der Waals surface area contributed by atoms with Crippen LogP contribution in [-0.4, -0.2) is 36.5 Å². The van der Waals surface area contributed by atoms with Crippen molar-refractivity contribution in [2.24, 2.45) is 0 Å². The minimum atomic E-state index is -0.557. The minimum absolute atomic E-state index is 0.212. The maximum absolute atomic E-state index is 11.5. The summed E-state index contributed by atoms with van der Waals surface area (Å²) in [7, 11) is 1.34. The first-order chi connectivity index (χ1) is 11.6. The number of hydrogen-bond acceptors (Lipinski definition) is 4. The molecule has 1 amide bonds. The number of allylic oxidation sites excluding steroid dienone is 1. The summed E-state index contributed by atoms with van der Waals surface area (Å²) in [4.78, 5) is 22.6. The van der Waals surface area contributed by atoms with Crippen molar-refractivity contribution < 1.29 is 14.3 Å². The maximum Gasteiger partial charge on any atom is 0.329 e. The van der Waals surface area contributed by atoms with Crippen LogP contribution >= 0.6 is 11.8 Å². The molecule has 0 aromatic heterocycles. The van der Waals surface area contributed by atoms with Crippen molar-refractivity contribution in [1.29, 1.82) is 0 Å². The van der Waals surface area contributed by atoms with E-state index >= 15 is 0 Å². The molecule has 0 unspecified atom stereocenters. The third-order valence-corrected chi connectivity index (χ3v) is 4.75. The molecule has 0 spiro atoms. The van der Waals surface area contributed by atoms with E-state index in [2.05, 4.69) is 24.4 Å². The average molecular weight is 358 g/mol. The van der Waals surface area contributed by atoms with Gasteiger partial charge in [-0.1, -0.05) is 64.0 Å². The molecule has 24 heavy (non-hydrogen) atoms. The highest BCUT2D eigenvalue weighted by atomic mass is 32.2. The first-order valence-electron chi connectivity index (χ1n) is 9.19. The van der Waals surface area contributed by atoms with E-state index in [1.165, 1.54) is 65.4 Å². The van der Waals surface area contributed by atoms with Crippen LogP contribution in [0.2, 0.25) is 0 Å². The van der Waals surface area contributed by atoms with Crippen LogP contribution in [0.5, 0.6) is 0 Å². The number of thioether (sulfide) groups is 1. The number of hydrogen-bond donors (Lipinski definition) is 1. The largest absolute Gasteiger partial charge is 0.467 e. The lowest BCUT2D eigenvalue weighted by Gasteiger charge is -2.14. The fraction of sp³-hybridized carbons (Fsp3) is 0.789. The smallest absolute Gasteiger partial charge is 0.329 e. The van der Waals surface area contributed by atoms with Gasteiger partial charge in [0, 0.05) is 18.4 Å². The summed E-state index contributed by atoms with van der Waals surface area (Å²) in [6, 6.07) is -0.557. The molecule has 0 heterocycles. The molecule has 0 saturated carbocycles. The lowest BCUT2D eigenvalue weighted by molar-refractivity contribution is -0.144. The molecule has 0 rings (SSSR count). The zero-order valence-electron chi connectivity index (χ0n) is 15.6. The predicted molar refractivity (Wildman–Crippen MR) is 103 cm³/mol. The summed E-state index contributed by atoms with van der Waals surface area (Å²) in [5.41, 5.74) is 0. The maximum atomic E-state index is 11.5. The molecule has 1 atom stereocenters. The molecular formula is C19H35NO3S. The second kappa shape index (κ2) is 16.9. The van der Waals surface area contributed by atoms with Crippen molar-refractivity contribution in [2.75, 3.05) is 18.6 Å². The van der Waals surface area contributed by atoms with Crippen LogP contribution < -0.4 is 5.32 Å². The molecule has 0 saturated heterocycles. The van der Waals surface area contributed by atoms with Crippen LogP contribution in [0.3, 0.4) is 0 Å². The van der Waals surface area contributed by atoms with E-state index in [-0.39, 0.29) is 11.9 Å². The summed E-state index contributed by atoms with van der Waals surface area (Å²) in [6.07, 6.45) is 16.2. The molecule has 0 aromatic carbocycles. The standard InChI is InChI=1S/C19H35NO3S/c1-4-5-6-7-8-9-10-11-12-13-14-15-24-16-18(19(22)23-3)20-17(2)21/h13-14,18H,4-12,15-16H2,1-3H3,(H,20,21)/b14-13+/t18-/m0/s1. The Balaban J connectivity index is 3.56. The minimum Gasteiger partial charge on any atom is -0.467 e. The van der Waals surface area contributed by atoms with Gasteiger partial charge in [-0.25, -0.2) is 4.79 Å². The third kappa shape index (κ3) is 14.6. The van der Waals surface area contributed by atoms with Gasteiger partial charge in [-0.05, 0) is 12.8 Å². The van der Waals surface area contributed by atoms with Crippen LogP contribution in [0, 0.1) is 0 Å². The van der Waals surface area contributed by atoms with Gasteiger partial charge < -0.3 is 10.1 Å². The second-order valence-corrected chi connectivity index (χ2v) is 7.12. The zero-order chi connectivity index (χ0) is 18.0. The molecule has 1 N–H and O–H groups in total. The Hall–Kier alpha value is -0.970. The molecular weight excluding hydrogens is 322 g/mol. The first-order valence-corrected chi connectivity index (χ1v) is 10.3. The van der Waals surface area contributed by atoms with Gasteiger partial charge in [0.05, 0.1) is 7.11 Å². The molecule has 0 fully saturated rings. The van der Waals surface area contributed by atoms with Crippen molar-refractivity contribution >= 4 is 23.6 Å². The number of rotatable bonds is 15. The number of methoxy groups -OCH3 is 1. The lowest BCUT2D eigenvalue weighted by atomic mass is 10.1. The van der Waals surface area contributed by atoms with E-state index in [4.69, 9.17) is 4.74 Å². The summed E-state index contributed by atoms with van der Waals surface area (Å²) in [6.45, 7) is 3.66. The normalized spacial score (nSPS) is 12.3. The van der Waals surface area contributed by atoms with Crippen molar-refractivity contribution in [3.8, 4) is 0 Å². The van der Waals surface area contributed by atoms with E-state index in [1.807, 2.05) is 0 Å². The number of ether oxygens (including phenoxy) is 1. The summed E-state index contributed by atoms with van der Waals surface area (Å²) in [5.74, 6) is 0.787. The van der Waals surface area contributed by atoms with E-state index in [0.29, 0.717) is 5.75 Å². The van der Waals surface area contributed by atoms with Gasteiger partial charge >= 0.3 is 5.97 Å². The number of esters is 1. The molecule has 4 nitrogen and oxygen atoms in total. The SMILES string of the molecule is CCCCCCCCCC/C=C/CSC[C@H](NC(C)=O)C(=O)OC. The van der Waals surface area contributed by atoms with Crippen LogP contribution in [0.15, 0.2) is 12.2 Å². The quantitative estimate of drug-likeness (QED) is 0.267. The number of carbonyl (C=O) groups excluding carboxylic acids is 2. The van der Waals surface area contributed by atoms with Gasteiger partial charge in [-0.15, -0.1) is 0 Å². The van der Waals surface area contributed by atoms with Crippen LogP contribution in [0.1, 0.15) is 71.6 Å². The van der Waals surface area contributed by atoms with Gasteiger partial charge in [0.15, 0.2) is 0 Å². The Kier molecular flexibility index (Phi) is 16.2. The molecule has 0 aliphatic rings. The Morgan fingerprint density at radius 2 is 1.67 bits per heavy atom. The van der Waals surface area contributed by atoms with Crippen molar-refractivity contribution in [3.63, 3.8) is 0 Å². The Labute approximate surface area is 152 Å². The van der Waals surface area contributed by atoms with Gasteiger partial charge in [0.25, 0.3) is 0 Å². The number of unbranched alkanes of at least 4 members (excludes halogenated alkanes) is 8. The van der Waals surface area contributed by atoms with Crippen molar-refractivity contribution in [1.82, 2.24) is 5.32 Å². The summed E-state index contributed by atoms with van der Waals surface area (Å²) < 4.78 is 4.69. The molecule has 0 aliphatic heterocycles. The van der Waals surface area contributed by atoms with Crippen molar-refractivity contribution in [2.45, 2.75) is 77.7 Å². The van der Waals surface area contributed by atoms with Gasteiger partial charge in [0.2, 0.25) is 5.91 Å². The Bertz CT molecular complexity index is 359. The Morgan fingerprint density at radius 1 is 1.04 bits per heavy atom. The highest BCUT2D eigenvalue weighted by molar-refractivity contribution is 7.99. The molecule has 5 heteroatoms. The summed E-state index contributed by atoms with van der Waals surface area (Å²) >= 11 is 1.62. The number of nitrogens with one attached hydrogen (secondary N) is 1. The molecule has 0 aliphatic carbocycles. The van der Waals surface area contributed by atoms with Crippen molar-refractivity contribution in [3.05, 3.63) is 12.2 Å². The molecule has 0 bridgehead atoms. The zero-order valence-corrected chi connectivity index (χ0v) is 16.5. The monoisotopic (exact) mass is 357 g/mol. The highest BCUT2D eigenvalue weighted by Crippen LogP contribution is 2.10. The van der Waals surface area contributed by atoms with Crippen LogP contribution in [0.25, 0.3) is 0 Å². The Morgan fingerprint density at radius 3 is 2.25 bits per heavy atom. The molecule has 0 radical (unpaired) electrons. The topological polar surface area (TPSA) is 55.4 Å². The van der Waals surface area contributed by atoms with E-state index in [0.717, 1.165) is 12.2 Å². The second-order valence-electron chi connectivity index (χ2n) is 6.05. The van der Waals surface area contributed by atoms with Crippen LogP contribution in [0.4, 0.5) is 0 Å². The van der Waals surface area contributed by atoms with E-state index in [1.54, 1.807) is 11.8 Å². The molecule has 140 valence electrons. The lowest BCUT2D eigenvalue weighted by Crippen LogP contribution is -2.42. The first kappa shape index (κ1) is 23.0. The van der Waals surface area contributed by atoms with Crippen LogP contribution in [-0.2, 0) is 14.3 Å².